The molecule has 1 aliphatic carbocycles. The highest BCUT2D eigenvalue weighted by Crippen LogP contribution is 2.31. The van der Waals surface area contributed by atoms with Crippen molar-refractivity contribution in [3.8, 4) is 0 Å². The minimum absolute atomic E-state index is 0.0654. The molecule has 0 bridgehead atoms. The van der Waals surface area contributed by atoms with E-state index in [4.69, 9.17) is 0 Å². The Hall–Kier alpha value is -2.45. The first-order chi connectivity index (χ1) is 13.6. The maximum absolute atomic E-state index is 13.2. The van der Waals surface area contributed by atoms with E-state index < -0.39 is 12.0 Å². The van der Waals surface area contributed by atoms with Gasteiger partial charge in [-0.3, -0.25) is 24.6 Å². The number of para-hydroxylation sites is 1. The number of amides is 3. The summed E-state index contributed by atoms with van der Waals surface area (Å²) in [5.41, 5.74) is 3.68. The second-order valence-electron chi connectivity index (χ2n) is 7.59. The zero-order valence-electron chi connectivity index (χ0n) is 15.9. The van der Waals surface area contributed by atoms with Crippen LogP contribution < -0.4 is 10.7 Å². The van der Waals surface area contributed by atoms with E-state index in [1.54, 1.807) is 12.1 Å². The maximum Gasteiger partial charge on any atom is 0.248 e. The summed E-state index contributed by atoms with van der Waals surface area (Å²) in [5, 5.41) is 14.4. The summed E-state index contributed by atoms with van der Waals surface area (Å²) in [6.07, 6.45) is 5.83. The number of nitrogens with one attached hydrogen (secondary N) is 2. The summed E-state index contributed by atoms with van der Waals surface area (Å²) < 4.78 is 0. The van der Waals surface area contributed by atoms with Gasteiger partial charge in [0.25, 0.3) is 0 Å². The van der Waals surface area contributed by atoms with Crippen molar-refractivity contribution in [1.82, 2.24) is 15.5 Å². The van der Waals surface area contributed by atoms with Gasteiger partial charge in [0.05, 0.1) is 12.5 Å². The Kier molecular flexibility index (Phi) is 7.00. The van der Waals surface area contributed by atoms with Crippen LogP contribution in [0, 0.1) is 11.8 Å². The largest absolute Gasteiger partial charge is 0.324 e. The topological polar surface area (TPSA) is 102 Å². The number of carbonyl (C=O) groups excluding carboxylic acids is 3. The van der Waals surface area contributed by atoms with Crippen molar-refractivity contribution in [3.63, 3.8) is 0 Å². The Morgan fingerprint density at radius 3 is 2.64 bits per heavy atom. The van der Waals surface area contributed by atoms with Crippen LogP contribution in [0.1, 0.15) is 38.5 Å². The number of hydrogen-bond donors (Lipinski definition) is 3. The van der Waals surface area contributed by atoms with Gasteiger partial charge < -0.3 is 5.32 Å². The number of hydrazine groups is 1. The van der Waals surface area contributed by atoms with Gasteiger partial charge in [0.1, 0.15) is 6.04 Å². The minimum atomic E-state index is -0.623. The quantitative estimate of drug-likeness (QED) is 0.358. The first kappa shape index (κ1) is 20.3. The second kappa shape index (κ2) is 9.66. The molecule has 3 N–H and O–H groups in total. The van der Waals surface area contributed by atoms with E-state index in [-0.39, 0.29) is 18.4 Å². The van der Waals surface area contributed by atoms with Gasteiger partial charge in [-0.05, 0) is 30.9 Å². The first-order valence-electron chi connectivity index (χ1n) is 9.91. The van der Waals surface area contributed by atoms with E-state index in [0.717, 1.165) is 25.7 Å². The molecule has 3 rings (SSSR count). The van der Waals surface area contributed by atoms with Gasteiger partial charge in [-0.15, -0.1) is 0 Å². The van der Waals surface area contributed by atoms with Gasteiger partial charge in [0, 0.05) is 12.2 Å². The van der Waals surface area contributed by atoms with E-state index in [0.29, 0.717) is 42.5 Å². The molecule has 1 aromatic carbocycles. The molecular formula is C20H28N4O4. The van der Waals surface area contributed by atoms with Crippen LogP contribution in [0.25, 0.3) is 0 Å². The third kappa shape index (κ3) is 5.08. The lowest BCUT2D eigenvalue weighted by Crippen LogP contribution is -2.51. The average Bonchev–Trinajstić information content (AvgIpc) is 3.39. The van der Waals surface area contributed by atoms with Gasteiger partial charge in [-0.1, -0.05) is 43.9 Å². The molecule has 0 radical (unpaired) electrons. The molecule has 28 heavy (non-hydrogen) atoms. The number of hydrogen-bond acceptors (Lipinski definition) is 5. The van der Waals surface area contributed by atoms with Crippen molar-refractivity contribution in [2.75, 3.05) is 18.4 Å². The maximum atomic E-state index is 13.2. The predicted octanol–water partition coefficient (Wildman–Crippen LogP) is 1.77. The Morgan fingerprint density at radius 2 is 1.96 bits per heavy atom. The number of rotatable bonds is 8. The van der Waals surface area contributed by atoms with Gasteiger partial charge in [-0.2, -0.15) is 0 Å². The highest BCUT2D eigenvalue weighted by Gasteiger charge is 2.38. The third-order valence-electron chi connectivity index (χ3n) is 5.56. The lowest BCUT2D eigenvalue weighted by molar-refractivity contribution is -0.159. The molecule has 1 saturated carbocycles. The highest BCUT2D eigenvalue weighted by molar-refractivity contribution is 5.97. The Morgan fingerprint density at radius 1 is 1.25 bits per heavy atom. The molecule has 2 atom stereocenters. The molecule has 1 saturated heterocycles. The van der Waals surface area contributed by atoms with Gasteiger partial charge in [0.15, 0.2) is 0 Å². The summed E-state index contributed by atoms with van der Waals surface area (Å²) in [4.78, 5) is 36.8. The number of nitrogens with zero attached hydrogens (tertiary/aromatic N) is 2. The molecule has 8 nitrogen and oxygen atoms in total. The monoisotopic (exact) mass is 388 g/mol. The highest BCUT2D eigenvalue weighted by atomic mass is 16.5. The van der Waals surface area contributed by atoms with Crippen molar-refractivity contribution in [2.45, 2.75) is 44.6 Å². The molecule has 1 unspecified atom stereocenters. The lowest BCUT2D eigenvalue weighted by atomic mass is 9.92. The van der Waals surface area contributed by atoms with Crippen LogP contribution in [0.3, 0.4) is 0 Å². The van der Waals surface area contributed by atoms with E-state index in [1.807, 2.05) is 18.2 Å². The zero-order chi connectivity index (χ0) is 19.9. The summed E-state index contributed by atoms with van der Waals surface area (Å²) >= 11 is 0. The number of anilines is 1. The van der Waals surface area contributed by atoms with Crippen molar-refractivity contribution < 1.29 is 19.6 Å². The van der Waals surface area contributed by atoms with Gasteiger partial charge in [-0.25, -0.2) is 10.5 Å². The molecule has 2 aliphatic rings. The fourth-order valence-electron chi connectivity index (χ4n) is 4.16. The molecule has 2 fully saturated rings. The zero-order valence-corrected chi connectivity index (χ0v) is 15.9. The van der Waals surface area contributed by atoms with Crippen molar-refractivity contribution >= 4 is 23.9 Å². The van der Waals surface area contributed by atoms with Crippen LogP contribution in [-0.2, 0) is 14.4 Å². The summed E-state index contributed by atoms with van der Waals surface area (Å²) in [5.74, 6) is -0.636. The van der Waals surface area contributed by atoms with Crippen molar-refractivity contribution in [2.24, 2.45) is 11.8 Å². The minimum Gasteiger partial charge on any atom is -0.324 e. The van der Waals surface area contributed by atoms with E-state index in [1.165, 1.54) is 5.01 Å². The standard InChI is InChI=1S/C20H28N4O4/c25-14-23(28)13-16(12-15-6-4-5-7-15)20(27)24-18(10-11-21-24)19(26)22-17-8-2-1-3-9-17/h1-3,8-9,14-16,18,21,28H,4-7,10-13H2,(H,22,26)/t16?,18-/m0/s1. The number of carbonyl (C=O) groups is 3. The Bertz CT molecular complexity index is 678. The lowest BCUT2D eigenvalue weighted by Gasteiger charge is -2.30. The van der Waals surface area contributed by atoms with Crippen LogP contribution in [0.4, 0.5) is 5.69 Å². The average molecular weight is 388 g/mol. The van der Waals surface area contributed by atoms with Crippen molar-refractivity contribution in [3.05, 3.63) is 30.3 Å². The van der Waals surface area contributed by atoms with Crippen LogP contribution in [0.15, 0.2) is 30.3 Å². The number of hydroxylamine groups is 2. The first-order valence-corrected chi connectivity index (χ1v) is 9.91. The Balaban J connectivity index is 1.68. The molecule has 1 heterocycles. The fourth-order valence-corrected chi connectivity index (χ4v) is 4.16. The van der Waals surface area contributed by atoms with Crippen molar-refractivity contribution in [1.29, 1.82) is 0 Å². The normalized spacial score (nSPS) is 20.8. The summed E-state index contributed by atoms with van der Waals surface area (Å²) in [6, 6.07) is 8.49. The predicted molar refractivity (Wildman–Crippen MR) is 103 cm³/mol. The van der Waals surface area contributed by atoms with Gasteiger partial charge in [0.2, 0.25) is 18.2 Å². The van der Waals surface area contributed by atoms with Crippen LogP contribution in [0.5, 0.6) is 0 Å². The second-order valence-corrected chi connectivity index (χ2v) is 7.59. The molecule has 1 aromatic rings. The molecule has 152 valence electrons. The Labute approximate surface area is 164 Å². The van der Waals surface area contributed by atoms with Crippen LogP contribution in [0.2, 0.25) is 0 Å². The van der Waals surface area contributed by atoms with E-state index in [9.17, 15) is 19.6 Å². The molecule has 0 spiro atoms. The molecule has 0 aromatic heterocycles. The van der Waals surface area contributed by atoms with E-state index in [2.05, 4.69) is 10.7 Å². The van der Waals surface area contributed by atoms with Crippen LogP contribution >= 0.6 is 0 Å². The molecule has 3 amide bonds. The number of benzene rings is 1. The molecular weight excluding hydrogens is 360 g/mol. The smallest absolute Gasteiger partial charge is 0.248 e. The molecule has 8 heteroatoms. The summed E-state index contributed by atoms with van der Waals surface area (Å²) in [7, 11) is 0. The SMILES string of the molecule is O=CN(O)CC(CC1CCCC1)C(=O)N1NCC[C@H]1C(=O)Nc1ccccc1. The summed E-state index contributed by atoms with van der Waals surface area (Å²) in [6.45, 7) is 0.454. The van der Waals surface area contributed by atoms with Crippen LogP contribution in [-0.4, -0.2) is 52.6 Å². The van der Waals surface area contributed by atoms with Gasteiger partial charge >= 0.3 is 0 Å². The third-order valence-corrected chi connectivity index (χ3v) is 5.56. The molecule has 1 aliphatic heterocycles. The van der Waals surface area contributed by atoms with E-state index >= 15 is 0 Å². The fraction of sp³-hybridized carbons (Fsp3) is 0.550.